The molecular formula is C20H30O2S2. The molecule has 0 aliphatic heterocycles. The summed E-state index contributed by atoms with van der Waals surface area (Å²) in [6.45, 7) is 6.11. The van der Waals surface area contributed by atoms with E-state index in [0.29, 0.717) is 6.61 Å². The topological polar surface area (TPSA) is 26.3 Å². The minimum atomic E-state index is -0.318. The number of unbranched alkanes of at least 4 members (excludes halogenated alkanes) is 3. The zero-order valence-corrected chi connectivity index (χ0v) is 16.4. The van der Waals surface area contributed by atoms with Crippen LogP contribution in [0, 0.1) is 0 Å². The van der Waals surface area contributed by atoms with E-state index in [1.807, 2.05) is 21.6 Å². The van der Waals surface area contributed by atoms with Crippen LogP contribution < -0.4 is 0 Å². The van der Waals surface area contributed by atoms with E-state index in [9.17, 15) is 4.79 Å². The molecular weight excluding hydrogens is 336 g/mol. The molecule has 1 aromatic carbocycles. The molecule has 0 aliphatic carbocycles. The van der Waals surface area contributed by atoms with Crippen molar-refractivity contribution in [2.75, 3.05) is 18.1 Å². The molecule has 0 fully saturated rings. The lowest BCUT2D eigenvalue weighted by atomic mass is 10.1. The van der Waals surface area contributed by atoms with E-state index in [1.54, 1.807) is 0 Å². The third kappa shape index (κ3) is 10.8. The summed E-state index contributed by atoms with van der Waals surface area (Å²) >= 11 is 0. The fourth-order valence-electron chi connectivity index (χ4n) is 2.29. The van der Waals surface area contributed by atoms with Crippen molar-refractivity contribution in [3.05, 3.63) is 48.0 Å². The molecule has 2 nitrogen and oxygen atoms in total. The van der Waals surface area contributed by atoms with Gasteiger partial charge in [0.05, 0.1) is 6.61 Å². The maximum Gasteiger partial charge on any atom is 0.330 e. The highest BCUT2D eigenvalue weighted by molar-refractivity contribution is 8.76. The highest BCUT2D eigenvalue weighted by atomic mass is 33.1. The monoisotopic (exact) mass is 366 g/mol. The third-order valence-electron chi connectivity index (χ3n) is 3.65. The maximum atomic E-state index is 10.8. The third-order valence-corrected chi connectivity index (χ3v) is 6.14. The number of rotatable bonds is 14. The second-order valence-corrected chi connectivity index (χ2v) is 8.45. The Hall–Kier alpha value is -0.870. The first-order chi connectivity index (χ1) is 11.8. The standard InChI is InChI=1S/C20H30O2S2/c1-3-9-18-10-12-19(13-11-18)14-17-24-23-16-8-6-5-7-15-22-20(21)4-2/h4,10-13H,2-3,5-9,14-17H2,1H3. The first kappa shape index (κ1) is 21.2. The van der Waals surface area contributed by atoms with Gasteiger partial charge in [0.25, 0.3) is 0 Å². The summed E-state index contributed by atoms with van der Waals surface area (Å²) < 4.78 is 4.95. The maximum absolute atomic E-state index is 10.8. The van der Waals surface area contributed by atoms with Crippen LogP contribution in [-0.4, -0.2) is 24.1 Å². The first-order valence-corrected chi connectivity index (χ1v) is 11.4. The number of ether oxygens (including phenoxy) is 1. The molecule has 0 amide bonds. The number of hydrogen-bond donors (Lipinski definition) is 0. The smallest absolute Gasteiger partial charge is 0.330 e. The van der Waals surface area contributed by atoms with Crippen LogP contribution in [0.25, 0.3) is 0 Å². The Morgan fingerprint density at radius 1 is 1.00 bits per heavy atom. The van der Waals surface area contributed by atoms with Gasteiger partial charge in [-0.1, -0.05) is 78.6 Å². The molecule has 0 aromatic heterocycles. The van der Waals surface area contributed by atoms with Gasteiger partial charge in [-0.05, 0) is 36.8 Å². The van der Waals surface area contributed by atoms with Gasteiger partial charge in [-0.15, -0.1) is 0 Å². The zero-order valence-electron chi connectivity index (χ0n) is 14.8. The molecule has 0 N–H and O–H groups in total. The molecule has 0 atom stereocenters. The van der Waals surface area contributed by atoms with Crippen LogP contribution in [0.2, 0.25) is 0 Å². The average Bonchev–Trinajstić information content (AvgIpc) is 2.61. The molecule has 0 spiro atoms. The Kier molecular flexibility index (Phi) is 12.8. The second kappa shape index (κ2) is 14.5. The molecule has 134 valence electrons. The van der Waals surface area contributed by atoms with Crippen molar-refractivity contribution in [2.45, 2.75) is 51.9 Å². The SMILES string of the molecule is C=CC(=O)OCCCCCCSSCCc1ccc(CCC)cc1. The predicted molar refractivity (Wildman–Crippen MR) is 109 cm³/mol. The summed E-state index contributed by atoms with van der Waals surface area (Å²) in [5.74, 6) is 2.06. The molecule has 0 saturated carbocycles. The Balaban J connectivity index is 1.90. The average molecular weight is 367 g/mol. The minimum absolute atomic E-state index is 0.318. The van der Waals surface area contributed by atoms with E-state index in [-0.39, 0.29) is 5.97 Å². The van der Waals surface area contributed by atoms with Crippen molar-refractivity contribution in [3.8, 4) is 0 Å². The number of carbonyl (C=O) groups excluding carboxylic acids is 1. The van der Waals surface area contributed by atoms with Crippen LogP contribution in [-0.2, 0) is 22.4 Å². The number of aryl methyl sites for hydroxylation is 2. The van der Waals surface area contributed by atoms with E-state index in [2.05, 4.69) is 37.8 Å². The fraction of sp³-hybridized carbons (Fsp3) is 0.550. The van der Waals surface area contributed by atoms with Crippen molar-refractivity contribution in [2.24, 2.45) is 0 Å². The lowest BCUT2D eigenvalue weighted by molar-refractivity contribution is -0.137. The van der Waals surface area contributed by atoms with Gasteiger partial charge in [0.2, 0.25) is 0 Å². The molecule has 4 heteroatoms. The zero-order chi connectivity index (χ0) is 17.5. The van der Waals surface area contributed by atoms with Crippen molar-refractivity contribution in [3.63, 3.8) is 0 Å². The molecule has 0 aliphatic rings. The predicted octanol–water partition coefficient (Wildman–Crippen LogP) is 5.85. The minimum Gasteiger partial charge on any atom is -0.463 e. The number of hydrogen-bond acceptors (Lipinski definition) is 4. The van der Waals surface area contributed by atoms with E-state index in [4.69, 9.17) is 4.74 Å². The lowest BCUT2D eigenvalue weighted by Gasteiger charge is -2.04. The Morgan fingerprint density at radius 3 is 2.29 bits per heavy atom. The lowest BCUT2D eigenvalue weighted by Crippen LogP contribution is -2.01. The normalized spacial score (nSPS) is 10.5. The van der Waals surface area contributed by atoms with Crippen LogP contribution in [0.15, 0.2) is 36.9 Å². The highest BCUT2D eigenvalue weighted by Gasteiger charge is 1.98. The summed E-state index contributed by atoms with van der Waals surface area (Å²) in [4.78, 5) is 10.8. The van der Waals surface area contributed by atoms with Crippen LogP contribution in [0.4, 0.5) is 0 Å². The van der Waals surface area contributed by atoms with Crippen LogP contribution in [0.3, 0.4) is 0 Å². The molecule has 1 rings (SSSR count). The van der Waals surface area contributed by atoms with E-state index >= 15 is 0 Å². The summed E-state index contributed by atoms with van der Waals surface area (Å²) in [7, 11) is 3.95. The van der Waals surface area contributed by atoms with Crippen LogP contribution in [0.5, 0.6) is 0 Å². The Labute approximate surface area is 155 Å². The van der Waals surface area contributed by atoms with Gasteiger partial charge in [-0.25, -0.2) is 4.79 Å². The van der Waals surface area contributed by atoms with Gasteiger partial charge in [-0.3, -0.25) is 0 Å². The molecule has 0 bridgehead atoms. The van der Waals surface area contributed by atoms with E-state index < -0.39 is 0 Å². The number of benzene rings is 1. The van der Waals surface area contributed by atoms with Gasteiger partial charge in [0, 0.05) is 17.6 Å². The number of carbonyl (C=O) groups is 1. The molecule has 0 radical (unpaired) electrons. The highest BCUT2D eigenvalue weighted by Crippen LogP contribution is 2.24. The quantitative estimate of drug-likeness (QED) is 0.178. The Bertz CT molecular complexity index is 457. The number of esters is 1. The fourth-order valence-corrected chi connectivity index (χ4v) is 4.47. The van der Waals surface area contributed by atoms with Gasteiger partial charge in [-0.2, -0.15) is 0 Å². The summed E-state index contributed by atoms with van der Waals surface area (Å²) in [6.07, 6.45) is 9.28. The Morgan fingerprint density at radius 2 is 1.62 bits per heavy atom. The van der Waals surface area contributed by atoms with Crippen molar-refractivity contribution in [1.29, 1.82) is 0 Å². The summed E-state index contributed by atoms with van der Waals surface area (Å²) in [6, 6.07) is 9.08. The van der Waals surface area contributed by atoms with Gasteiger partial charge in [0.1, 0.15) is 0 Å². The molecule has 0 saturated heterocycles. The largest absolute Gasteiger partial charge is 0.463 e. The van der Waals surface area contributed by atoms with Crippen LogP contribution in [0.1, 0.15) is 50.2 Å². The van der Waals surface area contributed by atoms with Crippen molar-refractivity contribution in [1.82, 2.24) is 0 Å². The van der Waals surface area contributed by atoms with Gasteiger partial charge >= 0.3 is 5.97 Å². The molecule has 0 unspecified atom stereocenters. The van der Waals surface area contributed by atoms with E-state index in [0.717, 1.165) is 19.3 Å². The second-order valence-electron chi connectivity index (χ2n) is 5.75. The van der Waals surface area contributed by atoms with E-state index in [1.165, 1.54) is 54.4 Å². The summed E-state index contributed by atoms with van der Waals surface area (Å²) in [5.41, 5.74) is 2.89. The first-order valence-electron chi connectivity index (χ1n) is 8.87. The van der Waals surface area contributed by atoms with Crippen LogP contribution >= 0.6 is 21.6 Å². The van der Waals surface area contributed by atoms with Gasteiger partial charge in [0.15, 0.2) is 0 Å². The molecule has 24 heavy (non-hydrogen) atoms. The molecule has 1 aromatic rings. The van der Waals surface area contributed by atoms with Gasteiger partial charge < -0.3 is 4.74 Å². The summed E-state index contributed by atoms with van der Waals surface area (Å²) in [5, 5.41) is 0. The molecule has 0 heterocycles. The van der Waals surface area contributed by atoms with Crippen molar-refractivity contribution >= 4 is 27.6 Å². The van der Waals surface area contributed by atoms with Crippen molar-refractivity contribution < 1.29 is 9.53 Å².